The summed E-state index contributed by atoms with van der Waals surface area (Å²) in [6, 6.07) is 11.5. The Morgan fingerprint density at radius 2 is 1.80 bits per heavy atom. The van der Waals surface area contributed by atoms with Gasteiger partial charge in [-0.05, 0) is 38.6 Å². The van der Waals surface area contributed by atoms with Crippen molar-refractivity contribution < 1.29 is 32.2 Å². The van der Waals surface area contributed by atoms with Crippen molar-refractivity contribution in [3.05, 3.63) is 59.9 Å². The minimum atomic E-state index is -3.89. The first-order valence-corrected chi connectivity index (χ1v) is 15.7. The molecule has 0 saturated carbocycles. The molecule has 0 aliphatic carbocycles. The lowest BCUT2D eigenvalue weighted by Crippen LogP contribution is -2.35. The lowest BCUT2D eigenvalue weighted by molar-refractivity contribution is -0.117. The van der Waals surface area contributed by atoms with Gasteiger partial charge in [-0.25, -0.2) is 18.4 Å². The Labute approximate surface area is 257 Å². The number of nitrogens with one attached hydrogen (secondary N) is 2. The van der Waals surface area contributed by atoms with E-state index in [0.717, 1.165) is 5.56 Å². The largest absolute Gasteiger partial charge is 0.489 e. The normalized spacial score (nSPS) is 16.5. The number of ether oxygens (including phenoxy) is 3. The average Bonchev–Trinajstić information content (AvgIpc) is 3.00. The maximum Gasteiger partial charge on any atom is 0.278 e. The zero-order valence-electron chi connectivity index (χ0n) is 24.9. The lowest BCUT2D eigenvalue weighted by Gasteiger charge is -2.22. The number of sulfonamides is 1. The van der Waals surface area contributed by atoms with Gasteiger partial charge in [-0.15, -0.1) is 0 Å². The standard InChI is InChI=1S/C30H38N6O7S/c1-21(37)5-4-12-36-13-14-41-15-16-42-17-18-43-28-23(19-32-2)6-3-7-25(28)35-30(38)27-29(31)33-20-26(34-27)22-8-10-24(11-9-22)44(36,39)40/h3,6-11,20,32H,4-5,12-19H2,1-2H3,(H2,31,33)(H,35,38). The molecule has 44 heavy (non-hydrogen) atoms. The van der Waals surface area contributed by atoms with Crippen LogP contribution in [0.2, 0.25) is 0 Å². The van der Waals surface area contributed by atoms with Crippen LogP contribution in [-0.2, 0) is 30.8 Å². The second-order valence-corrected chi connectivity index (χ2v) is 12.0. The van der Waals surface area contributed by atoms with Crippen molar-refractivity contribution >= 4 is 33.2 Å². The number of nitrogens with two attached hydrogens (primary N) is 1. The number of benzene rings is 2. The Kier molecular flexibility index (Phi) is 11.7. The van der Waals surface area contributed by atoms with Crippen LogP contribution in [0.15, 0.2) is 53.6 Å². The number of rotatable bonds is 6. The summed E-state index contributed by atoms with van der Waals surface area (Å²) in [6.07, 6.45) is 2.08. The molecule has 5 rings (SSSR count). The number of fused-ring (bicyclic) bond motifs is 13. The summed E-state index contributed by atoms with van der Waals surface area (Å²) in [7, 11) is -2.08. The molecule has 3 aromatic rings. The van der Waals surface area contributed by atoms with Gasteiger partial charge < -0.3 is 35.4 Å². The number of aromatic nitrogens is 2. The van der Waals surface area contributed by atoms with Gasteiger partial charge in [0.25, 0.3) is 5.91 Å². The van der Waals surface area contributed by atoms with E-state index in [0.29, 0.717) is 35.7 Å². The van der Waals surface area contributed by atoms with Gasteiger partial charge in [0.1, 0.15) is 18.1 Å². The fourth-order valence-electron chi connectivity index (χ4n) is 4.56. The van der Waals surface area contributed by atoms with Gasteiger partial charge in [0.15, 0.2) is 11.5 Å². The third-order valence-electron chi connectivity index (χ3n) is 6.78. The number of Topliss-reactive ketones (excluding diaryl/α,β-unsaturated/α-hetero) is 1. The van der Waals surface area contributed by atoms with Gasteiger partial charge in [-0.1, -0.05) is 24.3 Å². The van der Waals surface area contributed by atoms with E-state index in [2.05, 4.69) is 20.6 Å². The highest BCUT2D eigenvalue weighted by atomic mass is 32.2. The second kappa shape index (κ2) is 15.7. The first kappa shape index (κ1) is 33.0. The first-order chi connectivity index (χ1) is 21.2. The summed E-state index contributed by atoms with van der Waals surface area (Å²) in [5.74, 6) is -0.172. The minimum Gasteiger partial charge on any atom is -0.489 e. The maximum absolute atomic E-state index is 13.5. The number of hydrogen-bond acceptors (Lipinski definition) is 11. The van der Waals surface area contributed by atoms with Crippen LogP contribution in [0.3, 0.4) is 0 Å². The molecule has 0 saturated heterocycles. The van der Waals surface area contributed by atoms with Crippen LogP contribution >= 0.6 is 0 Å². The quantitative estimate of drug-likeness (QED) is 0.343. The van der Waals surface area contributed by atoms with Crippen molar-refractivity contribution in [2.24, 2.45) is 0 Å². The summed E-state index contributed by atoms with van der Waals surface area (Å²) in [5.41, 5.74) is 8.10. The number of nitrogen functional groups attached to an aromatic ring is 1. The fraction of sp³-hybridized carbons (Fsp3) is 0.400. The highest BCUT2D eigenvalue weighted by Crippen LogP contribution is 2.30. The molecular weight excluding hydrogens is 588 g/mol. The minimum absolute atomic E-state index is 0.0110. The summed E-state index contributed by atoms with van der Waals surface area (Å²) in [6.45, 7) is 3.41. The third-order valence-corrected chi connectivity index (χ3v) is 8.70. The van der Waals surface area contributed by atoms with Crippen molar-refractivity contribution in [3.8, 4) is 17.0 Å². The second-order valence-electron chi connectivity index (χ2n) is 10.1. The zero-order valence-corrected chi connectivity index (χ0v) is 25.7. The van der Waals surface area contributed by atoms with Crippen LogP contribution in [0.25, 0.3) is 11.3 Å². The van der Waals surface area contributed by atoms with E-state index >= 15 is 0 Å². The molecule has 236 valence electrons. The number of hydrogen-bond donors (Lipinski definition) is 3. The lowest BCUT2D eigenvalue weighted by atomic mass is 10.1. The van der Waals surface area contributed by atoms with Crippen molar-refractivity contribution in [3.63, 3.8) is 0 Å². The Morgan fingerprint density at radius 3 is 2.52 bits per heavy atom. The van der Waals surface area contributed by atoms with Crippen molar-refractivity contribution in [2.45, 2.75) is 31.2 Å². The highest BCUT2D eigenvalue weighted by molar-refractivity contribution is 7.89. The van der Waals surface area contributed by atoms with Gasteiger partial charge in [-0.2, -0.15) is 4.31 Å². The molecule has 14 heteroatoms. The third kappa shape index (κ3) is 8.57. The molecule has 0 unspecified atom stereocenters. The van der Waals surface area contributed by atoms with Crippen LogP contribution < -0.4 is 21.1 Å². The van der Waals surface area contributed by atoms with Crippen molar-refractivity contribution in [1.29, 1.82) is 0 Å². The molecule has 0 fully saturated rings. The SMILES string of the molecule is CNCc1cccc2c1OCCOCCOCCN(CCCC(C)=O)S(=O)(=O)c1ccc(cc1)-c1cnc(N)c(n1)C(=O)N2. The molecule has 4 N–H and O–H groups in total. The number of carbonyl (C=O) groups excluding carboxylic acids is 2. The molecule has 0 radical (unpaired) electrons. The maximum atomic E-state index is 13.5. The van der Waals surface area contributed by atoms with Crippen LogP contribution in [0.4, 0.5) is 11.5 Å². The molecule has 4 bridgehead atoms. The van der Waals surface area contributed by atoms with E-state index in [9.17, 15) is 18.0 Å². The number of carbonyl (C=O) groups is 2. The van der Waals surface area contributed by atoms with Gasteiger partial charge in [-0.3, -0.25) is 4.79 Å². The van der Waals surface area contributed by atoms with Gasteiger partial charge in [0.2, 0.25) is 10.0 Å². The molecule has 1 aromatic heterocycles. The molecule has 2 aliphatic heterocycles. The molecule has 3 heterocycles. The molecule has 2 aliphatic rings. The average molecular weight is 627 g/mol. The zero-order chi connectivity index (χ0) is 31.5. The predicted molar refractivity (Wildman–Crippen MR) is 165 cm³/mol. The molecule has 0 atom stereocenters. The van der Waals surface area contributed by atoms with Crippen LogP contribution in [-0.4, -0.2) is 87.6 Å². The monoisotopic (exact) mass is 626 g/mol. The van der Waals surface area contributed by atoms with Crippen molar-refractivity contribution in [2.75, 3.05) is 64.2 Å². The molecule has 13 nitrogen and oxygen atoms in total. The van der Waals surface area contributed by atoms with E-state index in [-0.39, 0.29) is 74.7 Å². The molecule has 2 aromatic carbocycles. The van der Waals surface area contributed by atoms with E-state index in [1.165, 1.54) is 29.6 Å². The van der Waals surface area contributed by atoms with Gasteiger partial charge in [0, 0.05) is 37.2 Å². The Bertz CT molecular complexity index is 1550. The molecule has 1 amide bonds. The van der Waals surface area contributed by atoms with E-state index in [4.69, 9.17) is 19.9 Å². The van der Waals surface area contributed by atoms with Gasteiger partial charge >= 0.3 is 0 Å². The van der Waals surface area contributed by atoms with Crippen molar-refractivity contribution in [1.82, 2.24) is 19.6 Å². The number of ketones is 1. The summed E-state index contributed by atoms with van der Waals surface area (Å²) >= 11 is 0. The predicted octanol–water partition coefficient (Wildman–Crippen LogP) is 2.48. The number of anilines is 2. The van der Waals surface area contributed by atoms with Crippen LogP contribution in [0, 0.1) is 0 Å². The topological polar surface area (TPSA) is 175 Å². The van der Waals surface area contributed by atoms with Gasteiger partial charge in [0.05, 0.1) is 48.9 Å². The first-order valence-electron chi connectivity index (χ1n) is 14.3. The number of para-hydroxylation sites is 1. The van der Waals surface area contributed by atoms with Crippen LogP contribution in [0.5, 0.6) is 5.75 Å². The molecule has 0 spiro atoms. The fourth-order valence-corrected chi connectivity index (χ4v) is 6.03. The highest BCUT2D eigenvalue weighted by Gasteiger charge is 2.25. The van der Waals surface area contributed by atoms with E-state index in [1.54, 1.807) is 24.3 Å². The Hall–Kier alpha value is -3.95. The summed E-state index contributed by atoms with van der Waals surface area (Å²) in [4.78, 5) is 33.5. The smallest absolute Gasteiger partial charge is 0.278 e. The van der Waals surface area contributed by atoms with E-state index in [1.807, 2.05) is 13.1 Å². The van der Waals surface area contributed by atoms with Crippen LogP contribution in [0.1, 0.15) is 35.8 Å². The Balaban J connectivity index is 1.66. The molecular formula is C30H38N6O7S. The number of amides is 1. The summed E-state index contributed by atoms with van der Waals surface area (Å²) < 4.78 is 45.7. The summed E-state index contributed by atoms with van der Waals surface area (Å²) in [5, 5.41) is 5.93. The van der Waals surface area contributed by atoms with E-state index < -0.39 is 15.9 Å². The Morgan fingerprint density at radius 1 is 1.07 bits per heavy atom. The number of nitrogens with zero attached hydrogens (tertiary/aromatic N) is 3.